The molecule has 0 aromatic heterocycles. The second kappa shape index (κ2) is 10.4. The van der Waals surface area contributed by atoms with Crippen LogP contribution in [-0.2, 0) is 14.8 Å². The molecule has 0 unspecified atom stereocenters. The zero-order valence-corrected chi connectivity index (χ0v) is 17.0. The van der Waals surface area contributed by atoms with Crippen molar-refractivity contribution < 1.29 is 13.2 Å². The minimum atomic E-state index is -3.51. The van der Waals surface area contributed by atoms with Crippen molar-refractivity contribution in [3.63, 3.8) is 0 Å². The van der Waals surface area contributed by atoms with Crippen LogP contribution in [0.15, 0.2) is 29.2 Å². The van der Waals surface area contributed by atoms with Gasteiger partial charge in [-0.15, -0.1) is 24.8 Å². The molecule has 0 spiro atoms. The van der Waals surface area contributed by atoms with Gasteiger partial charge in [0.15, 0.2) is 0 Å². The van der Waals surface area contributed by atoms with Crippen molar-refractivity contribution in [3.05, 3.63) is 24.3 Å². The number of sulfonamides is 1. The number of halogens is 2. The topological polar surface area (TPSA) is 81.8 Å². The molecule has 2 saturated heterocycles. The van der Waals surface area contributed by atoms with Crippen LogP contribution in [0, 0.1) is 0 Å². The van der Waals surface area contributed by atoms with Gasteiger partial charge >= 0.3 is 0 Å². The second-order valence-electron chi connectivity index (χ2n) is 6.13. The van der Waals surface area contributed by atoms with Crippen molar-refractivity contribution >= 4 is 46.4 Å². The van der Waals surface area contributed by atoms with Crippen molar-refractivity contribution in [3.8, 4) is 0 Å². The van der Waals surface area contributed by atoms with Crippen LogP contribution < -0.4 is 14.9 Å². The number of anilines is 1. The Labute approximate surface area is 167 Å². The second-order valence-corrected chi connectivity index (χ2v) is 7.90. The zero-order chi connectivity index (χ0) is 17.0. The highest BCUT2D eigenvalue weighted by Gasteiger charge is 2.22. The van der Waals surface area contributed by atoms with E-state index in [1.165, 1.54) is 0 Å². The van der Waals surface area contributed by atoms with Gasteiger partial charge in [0.05, 0.1) is 4.90 Å². The SMILES string of the molecule is Cl.Cl.O=C1CCCN1c1ccc(S(=O)(=O)NCCN2CCNCC2)cc1. The lowest BCUT2D eigenvalue weighted by Crippen LogP contribution is -2.46. The third kappa shape index (κ3) is 5.80. The van der Waals surface area contributed by atoms with Crippen molar-refractivity contribution in [1.82, 2.24) is 14.9 Å². The van der Waals surface area contributed by atoms with Gasteiger partial charge < -0.3 is 10.2 Å². The van der Waals surface area contributed by atoms with E-state index in [0.717, 1.165) is 38.3 Å². The van der Waals surface area contributed by atoms with E-state index >= 15 is 0 Å². The summed E-state index contributed by atoms with van der Waals surface area (Å²) in [7, 11) is -3.51. The Morgan fingerprint density at radius 1 is 1.04 bits per heavy atom. The van der Waals surface area contributed by atoms with Crippen LogP contribution in [-0.4, -0.2) is 65.0 Å². The molecule has 0 aliphatic carbocycles. The predicted molar refractivity (Wildman–Crippen MR) is 107 cm³/mol. The predicted octanol–water partition coefficient (Wildman–Crippen LogP) is 0.840. The number of hydrogen-bond acceptors (Lipinski definition) is 5. The van der Waals surface area contributed by atoms with Gasteiger partial charge in [-0.3, -0.25) is 9.69 Å². The Morgan fingerprint density at radius 3 is 2.27 bits per heavy atom. The molecule has 7 nitrogen and oxygen atoms in total. The van der Waals surface area contributed by atoms with Gasteiger partial charge in [-0.05, 0) is 30.7 Å². The van der Waals surface area contributed by atoms with Crippen molar-refractivity contribution in [2.24, 2.45) is 0 Å². The first-order valence-electron chi connectivity index (χ1n) is 8.39. The van der Waals surface area contributed by atoms with Crippen LogP contribution in [0.2, 0.25) is 0 Å². The number of nitrogens with one attached hydrogen (secondary N) is 2. The van der Waals surface area contributed by atoms with E-state index < -0.39 is 10.0 Å². The van der Waals surface area contributed by atoms with Gasteiger partial charge in [0.2, 0.25) is 15.9 Å². The first kappa shape index (κ1) is 23.1. The van der Waals surface area contributed by atoms with Crippen LogP contribution in [0.4, 0.5) is 5.69 Å². The fraction of sp³-hybridized carbons (Fsp3) is 0.562. The molecule has 0 saturated carbocycles. The number of benzene rings is 1. The number of carbonyl (C=O) groups is 1. The van der Waals surface area contributed by atoms with Crippen LogP contribution in [0.5, 0.6) is 0 Å². The number of carbonyl (C=O) groups excluding carboxylic acids is 1. The van der Waals surface area contributed by atoms with Crippen molar-refractivity contribution in [1.29, 1.82) is 0 Å². The maximum Gasteiger partial charge on any atom is 0.240 e. The number of amides is 1. The summed E-state index contributed by atoms with van der Waals surface area (Å²) >= 11 is 0. The lowest BCUT2D eigenvalue weighted by atomic mass is 10.3. The smallest absolute Gasteiger partial charge is 0.240 e. The molecule has 2 N–H and O–H groups in total. The Bertz CT molecular complexity index is 679. The normalized spacial score (nSPS) is 18.3. The van der Waals surface area contributed by atoms with E-state index in [1.807, 2.05) is 0 Å². The summed E-state index contributed by atoms with van der Waals surface area (Å²) in [6.07, 6.45) is 1.42. The maximum atomic E-state index is 12.3. The quantitative estimate of drug-likeness (QED) is 0.706. The Morgan fingerprint density at radius 2 is 1.69 bits per heavy atom. The molecule has 0 bridgehead atoms. The van der Waals surface area contributed by atoms with Crippen LogP contribution in [0.1, 0.15) is 12.8 Å². The molecular formula is C16H26Cl2N4O3S. The molecule has 148 valence electrons. The van der Waals surface area contributed by atoms with Crippen molar-refractivity contribution in [2.45, 2.75) is 17.7 Å². The molecule has 2 aliphatic rings. The maximum absolute atomic E-state index is 12.3. The number of piperazine rings is 1. The molecule has 3 rings (SSSR count). The monoisotopic (exact) mass is 424 g/mol. The first-order valence-corrected chi connectivity index (χ1v) is 9.88. The summed E-state index contributed by atoms with van der Waals surface area (Å²) in [5.41, 5.74) is 0.761. The molecular weight excluding hydrogens is 399 g/mol. The number of nitrogens with zero attached hydrogens (tertiary/aromatic N) is 2. The lowest BCUT2D eigenvalue weighted by molar-refractivity contribution is -0.117. The summed E-state index contributed by atoms with van der Waals surface area (Å²) in [6.45, 7) is 5.59. The Balaban J connectivity index is 0.00000169. The van der Waals surface area contributed by atoms with Crippen molar-refractivity contribution in [2.75, 3.05) is 50.7 Å². The van der Waals surface area contributed by atoms with Crippen LogP contribution >= 0.6 is 24.8 Å². The average Bonchev–Trinajstić information content (AvgIpc) is 3.02. The minimum Gasteiger partial charge on any atom is -0.314 e. The van der Waals surface area contributed by atoms with E-state index in [9.17, 15) is 13.2 Å². The largest absolute Gasteiger partial charge is 0.314 e. The van der Waals surface area contributed by atoms with E-state index in [0.29, 0.717) is 26.1 Å². The Kier molecular flexibility index (Phi) is 9.29. The molecule has 0 radical (unpaired) electrons. The molecule has 2 heterocycles. The molecule has 1 aromatic carbocycles. The first-order chi connectivity index (χ1) is 11.6. The molecule has 2 aliphatic heterocycles. The summed E-state index contributed by atoms with van der Waals surface area (Å²) in [6, 6.07) is 6.53. The fourth-order valence-corrected chi connectivity index (χ4v) is 4.10. The van der Waals surface area contributed by atoms with Gasteiger partial charge in [0.25, 0.3) is 0 Å². The third-order valence-corrected chi connectivity index (χ3v) is 5.94. The van der Waals surface area contributed by atoms with Gasteiger partial charge in [-0.1, -0.05) is 0 Å². The van der Waals surface area contributed by atoms with E-state index in [2.05, 4.69) is 14.9 Å². The van der Waals surface area contributed by atoms with Gasteiger partial charge in [-0.2, -0.15) is 0 Å². The zero-order valence-electron chi connectivity index (χ0n) is 14.5. The average molecular weight is 425 g/mol. The summed E-state index contributed by atoms with van der Waals surface area (Å²) in [5, 5.41) is 3.27. The molecule has 1 aromatic rings. The fourth-order valence-electron chi connectivity index (χ4n) is 3.08. The molecule has 0 atom stereocenters. The lowest BCUT2D eigenvalue weighted by Gasteiger charge is -2.27. The van der Waals surface area contributed by atoms with E-state index in [-0.39, 0.29) is 35.6 Å². The minimum absolute atomic E-state index is 0. The number of rotatable bonds is 6. The highest BCUT2D eigenvalue weighted by atomic mass is 35.5. The van der Waals surface area contributed by atoms with Crippen LogP contribution in [0.25, 0.3) is 0 Å². The van der Waals surface area contributed by atoms with Crippen LogP contribution in [0.3, 0.4) is 0 Å². The van der Waals surface area contributed by atoms with E-state index in [4.69, 9.17) is 0 Å². The molecule has 2 fully saturated rings. The highest BCUT2D eigenvalue weighted by molar-refractivity contribution is 7.89. The van der Waals surface area contributed by atoms with Gasteiger partial charge in [0, 0.05) is 57.9 Å². The van der Waals surface area contributed by atoms with Gasteiger partial charge in [0.1, 0.15) is 0 Å². The number of hydrogen-bond donors (Lipinski definition) is 2. The van der Waals surface area contributed by atoms with Gasteiger partial charge in [-0.25, -0.2) is 13.1 Å². The summed E-state index contributed by atoms with van der Waals surface area (Å²) in [5.74, 6) is 0.0970. The molecule has 10 heteroatoms. The molecule has 26 heavy (non-hydrogen) atoms. The standard InChI is InChI=1S/C16H24N4O3S.2ClH/c21-16-2-1-10-20(16)14-3-5-15(6-4-14)24(22,23)18-9-13-19-11-7-17-8-12-19;;/h3-6,17-18H,1-2,7-13H2;2*1H. The molecule has 1 amide bonds. The summed E-state index contributed by atoms with van der Waals surface area (Å²) in [4.78, 5) is 15.9. The Hall–Kier alpha value is -0.900. The van der Waals surface area contributed by atoms with E-state index in [1.54, 1.807) is 29.2 Å². The third-order valence-electron chi connectivity index (χ3n) is 4.46. The highest BCUT2D eigenvalue weighted by Crippen LogP contribution is 2.22. The summed E-state index contributed by atoms with van der Waals surface area (Å²) < 4.78 is 27.3.